The van der Waals surface area contributed by atoms with Crippen LogP contribution in [0.25, 0.3) is 10.9 Å². The van der Waals surface area contributed by atoms with Crippen molar-refractivity contribution < 1.29 is 49.2 Å². The van der Waals surface area contributed by atoms with E-state index in [4.69, 9.17) is 10.8 Å². The molecule has 4 atom stereocenters. The highest BCUT2D eigenvalue weighted by Crippen LogP contribution is 2.19. The van der Waals surface area contributed by atoms with E-state index < -0.39 is 72.6 Å². The topological polar surface area (TPSA) is 261 Å². The summed E-state index contributed by atoms with van der Waals surface area (Å²) in [6.45, 7) is 0. The first-order valence-corrected chi connectivity index (χ1v) is 13.0. The molecular weight excluding hydrogens is 566 g/mol. The van der Waals surface area contributed by atoms with E-state index in [1.54, 1.807) is 30.5 Å². The second kappa shape index (κ2) is 14.5. The summed E-state index contributed by atoms with van der Waals surface area (Å²) in [4.78, 5) is 76.5. The molecule has 15 heteroatoms. The Hall–Kier alpha value is -5.44. The molecule has 0 radical (unpaired) electrons. The number of carboxylic acids is 3. The van der Waals surface area contributed by atoms with Gasteiger partial charge in [0.15, 0.2) is 0 Å². The van der Waals surface area contributed by atoms with E-state index in [9.17, 15) is 44.1 Å². The molecule has 0 fully saturated rings. The number of fused-ring (bicyclic) bond motifs is 1. The van der Waals surface area contributed by atoms with E-state index >= 15 is 0 Å². The Bertz CT molecular complexity index is 1500. The third kappa shape index (κ3) is 9.29. The van der Waals surface area contributed by atoms with E-state index in [0.717, 1.165) is 0 Å². The minimum absolute atomic E-state index is 0.000722. The fourth-order valence-corrected chi connectivity index (χ4v) is 4.29. The standard InChI is InChI=1S/C28H31N5O10/c29-18(9-14-5-7-16(34)8-6-14)25(39)31-21(11-23(35)36)27(41)32-20(26(40)33-22(28(42)43)12-24(37)38)10-15-13-30-19-4-2-1-3-17(15)19/h1-8,13,18,20-22,30,34H,9-12,29H2,(H,31,39)(H,32,41)(H,33,40)(H,35,36)(H,37,38)(H,42,43). The molecule has 228 valence electrons. The number of benzene rings is 2. The van der Waals surface area contributed by atoms with Gasteiger partial charge in [-0.1, -0.05) is 30.3 Å². The van der Waals surface area contributed by atoms with Gasteiger partial charge in [-0.15, -0.1) is 0 Å². The zero-order valence-electron chi connectivity index (χ0n) is 22.6. The van der Waals surface area contributed by atoms with Crippen molar-refractivity contribution in [2.24, 2.45) is 5.73 Å². The van der Waals surface area contributed by atoms with Crippen molar-refractivity contribution in [1.29, 1.82) is 0 Å². The molecule has 3 rings (SSSR count). The number of hydrogen-bond acceptors (Lipinski definition) is 8. The second-order valence-electron chi connectivity index (χ2n) is 9.76. The number of phenolic OH excluding ortho intramolecular Hbond substituents is 1. The van der Waals surface area contributed by atoms with Crippen LogP contribution >= 0.6 is 0 Å². The quantitative estimate of drug-likeness (QED) is 0.108. The lowest BCUT2D eigenvalue weighted by Crippen LogP contribution is -2.58. The van der Waals surface area contributed by atoms with Gasteiger partial charge in [-0.25, -0.2) is 4.79 Å². The van der Waals surface area contributed by atoms with Crippen LogP contribution < -0.4 is 21.7 Å². The lowest BCUT2D eigenvalue weighted by molar-refractivity contribution is -0.147. The van der Waals surface area contributed by atoms with Crippen LogP contribution in [0.3, 0.4) is 0 Å². The lowest BCUT2D eigenvalue weighted by Gasteiger charge is -2.24. The molecule has 1 aromatic heterocycles. The Morgan fingerprint density at radius 1 is 0.721 bits per heavy atom. The van der Waals surface area contributed by atoms with Crippen molar-refractivity contribution in [3.63, 3.8) is 0 Å². The Morgan fingerprint density at radius 3 is 1.91 bits per heavy atom. The van der Waals surface area contributed by atoms with E-state index in [0.29, 0.717) is 22.0 Å². The minimum Gasteiger partial charge on any atom is -0.508 e. The lowest BCUT2D eigenvalue weighted by atomic mass is 10.0. The van der Waals surface area contributed by atoms with Crippen LogP contribution in [-0.2, 0) is 41.6 Å². The van der Waals surface area contributed by atoms with Crippen molar-refractivity contribution in [3.8, 4) is 5.75 Å². The van der Waals surface area contributed by atoms with Gasteiger partial charge in [0.1, 0.15) is 23.9 Å². The van der Waals surface area contributed by atoms with Gasteiger partial charge < -0.3 is 47.1 Å². The SMILES string of the molecule is NC(Cc1ccc(O)cc1)C(=O)NC(CC(=O)O)C(=O)NC(Cc1c[nH]c2ccccc12)C(=O)NC(CC(=O)O)C(=O)O. The summed E-state index contributed by atoms with van der Waals surface area (Å²) in [5.41, 5.74) is 7.79. The number of hydrogen-bond donors (Lipinski definition) is 9. The molecule has 10 N–H and O–H groups in total. The number of para-hydroxylation sites is 1. The minimum atomic E-state index is -1.82. The molecule has 2 aromatic carbocycles. The van der Waals surface area contributed by atoms with Gasteiger partial charge in [0.2, 0.25) is 17.7 Å². The molecular formula is C28H31N5O10. The van der Waals surface area contributed by atoms with Crippen LogP contribution in [0.2, 0.25) is 0 Å². The van der Waals surface area contributed by atoms with Crippen molar-refractivity contribution in [1.82, 2.24) is 20.9 Å². The normalized spacial score (nSPS) is 13.7. The number of amides is 3. The van der Waals surface area contributed by atoms with Gasteiger partial charge in [0.05, 0.1) is 18.9 Å². The first kappa shape index (κ1) is 32.1. The molecule has 0 saturated heterocycles. The highest BCUT2D eigenvalue weighted by molar-refractivity contribution is 5.96. The molecule has 15 nitrogen and oxygen atoms in total. The first-order valence-electron chi connectivity index (χ1n) is 13.0. The number of aliphatic carboxylic acids is 3. The van der Waals surface area contributed by atoms with Crippen LogP contribution in [0.5, 0.6) is 5.75 Å². The maximum atomic E-state index is 13.3. The van der Waals surface area contributed by atoms with Crippen molar-refractivity contribution in [3.05, 3.63) is 65.9 Å². The zero-order chi connectivity index (χ0) is 31.7. The number of H-pyrrole nitrogens is 1. The summed E-state index contributed by atoms with van der Waals surface area (Å²) in [5.74, 6) is -7.53. The molecule has 0 aliphatic rings. The number of carboxylic acid groups (broad SMARTS) is 3. The maximum absolute atomic E-state index is 13.3. The Balaban J connectivity index is 1.82. The molecule has 43 heavy (non-hydrogen) atoms. The number of rotatable bonds is 15. The number of aromatic amines is 1. The summed E-state index contributed by atoms with van der Waals surface area (Å²) in [7, 11) is 0. The van der Waals surface area contributed by atoms with Crippen molar-refractivity contribution in [2.75, 3.05) is 0 Å². The number of carbonyl (C=O) groups is 6. The van der Waals surface area contributed by atoms with E-state index in [2.05, 4.69) is 20.9 Å². The Kier molecular flexibility index (Phi) is 10.8. The average Bonchev–Trinajstić information content (AvgIpc) is 3.35. The summed E-state index contributed by atoms with van der Waals surface area (Å²) in [6.07, 6.45) is -0.441. The first-order chi connectivity index (χ1) is 20.3. The predicted molar refractivity (Wildman–Crippen MR) is 150 cm³/mol. The molecule has 1 heterocycles. The van der Waals surface area contributed by atoms with Gasteiger partial charge in [-0.05, 0) is 35.7 Å². The van der Waals surface area contributed by atoms with Gasteiger partial charge in [0.25, 0.3) is 0 Å². The largest absolute Gasteiger partial charge is 0.508 e. The van der Waals surface area contributed by atoms with Gasteiger partial charge >= 0.3 is 17.9 Å². The summed E-state index contributed by atoms with van der Waals surface area (Å²) in [6, 6.07) is 6.67. The highest BCUT2D eigenvalue weighted by Gasteiger charge is 2.32. The number of carbonyl (C=O) groups excluding carboxylic acids is 3. The number of nitrogens with two attached hydrogens (primary N) is 1. The predicted octanol–water partition coefficient (Wildman–Crippen LogP) is -0.526. The molecule has 0 aliphatic carbocycles. The van der Waals surface area contributed by atoms with Crippen LogP contribution in [-0.4, -0.2) is 85.2 Å². The van der Waals surface area contributed by atoms with Gasteiger partial charge in [0, 0.05) is 23.5 Å². The van der Waals surface area contributed by atoms with Gasteiger partial charge in [-0.2, -0.15) is 0 Å². The molecule has 0 bridgehead atoms. The van der Waals surface area contributed by atoms with E-state index in [1.165, 1.54) is 24.3 Å². The van der Waals surface area contributed by atoms with E-state index in [1.807, 2.05) is 0 Å². The van der Waals surface area contributed by atoms with Crippen LogP contribution in [0.4, 0.5) is 0 Å². The fraction of sp³-hybridized carbons (Fsp3) is 0.286. The monoisotopic (exact) mass is 597 g/mol. The number of nitrogens with one attached hydrogen (secondary N) is 4. The summed E-state index contributed by atoms with van der Waals surface area (Å²) >= 11 is 0. The number of aromatic hydroxyl groups is 1. The molecule has 3 aromatic rings. The molecule has 0 saturated carbocycles. The number of phenols is 1. The van der Waals surface area contributed by atoms with Crippen molar-refractivity contribution >= 4 is 46.5 Å². The third-order valence-corrected chi connectivity index (χ3v) is 6.47. The third-order valence-electron chi connectivity index (χ3n) is 6.47. The average molecular weight is 598 g/mol. The second-order valence-corrected chi connectivity index (χ2v) is 9.76. The summed E-state index contributed by atoms with van der Waals surface area (Å²) < 4.78 is 0. The van der Waals surface area contributed by atoms with Crippen LogP contribution in [0, 0.1) is 0 Å². The fourth-order valence-electron chi connectivity index (χ4n) is 4.29. The van der Waals surface area contributed by atoms with Crippen LogP contribution in [0.15, 0.2) is 54.7 Å². The molecule has 0 spiro atoms. The Morgan fingerprint density at radius 2 is 1.28 bits per heavy atom. The van der Waals surface area contributed by atoms with E-state index in [-0.39, 0.29) is 18.6 Å². The molecule has 3 amide bonds. The summed E-state index contributed by atoms with van der Waals surface area (Å²) in [5, 5.41) is 44.7. The van der Waals surface area contributed by atoms with Crippen molar-refractivity contribution in [2.45, 2.75) is 49.9 Å². The van der Waals surface area contributed by atoms with Gasteiger partial charge in [-0.3, -0.25) is 24.0 Å². The number of aromatic nitrogens is 1. The highest BCUT2D eigenvalue weighted by atomic mass is 16.4. The smallest absolute Gasteiger partial charge is 0.326 e. The Labute approximate surface area is 244 Å². The zero-order valence-corrected chi connectivity index (χ0v) is 22.6. The maximum Gasteiger partial charge on any atom is 0.326 e. The van der Waals surface area contributed by atoms with Crippen LogP contribution in [0.1, 0.15) is 24.0 Å². The molecule has 4 unspecified atom stereocenters. The molecule has 0 aliphatic heterocycles.